The number of benzene rings is 1. The van der Waals surface area contributed by atoms with E-state index < -0.39 is 0 Å². The van der Waals surface area contributed by atoms with Crippen molar-refractivity contribution >= 4 is 6.09 Å². The van der Waals surface area contributed by atoms with E-state index >= 15 is 0 Å². The van der Waals surface area contributed by atoms with E-state index in [0.717, 1.165) is 5.56 Å². The van der Waals surface area contributed by atoms with Gasteiger partial charge in [-0.25, -0.2) is 4.79 Å². The van der Waals surface area contributed by atoms with Gasteiger partial charge in [0.05, 0.1) is 12.6 Å². The molecule has 0 bridgehead atoms. The van der Waals surface area contributed by atoms with Gasteiger partial charge in [0.2, 0.25) is 0 Å². The maximum Gasteiger partial charge on any atom is 0.410 e. The maximum atomic E-state index is 12.1. The first kappa shape index (κ1) is 13.9. The molecule has 1 amide bonds. The van der Waals surface area contributed by atoms with E-state index in [9.17, 15) is 9.90 Å². The van der Waals surface area contributed by atoms with E-state index in [0.29, 0.717) is 18.4 Å². The van der Waals surface area contributed by atoms with Crippen molar-refractivity contribution in [2.24, 2.45) is 11.8 Å². The largest absolute Gasteiger partial charge is 0.445 e. The smallest absolute Gasteiger partial charge is 0.410 e. The summed E-state index contributed by atoms with van der Waals surface area (Å²) in [5.74, 6) is 0.690. The fourth-order valence-electron chi connectivity index (χ4n) is 2.55. The molecule has 1 saturated heterocycles. The van der Waals surface area contributed by atoms with E-state index in [1.165, 1.54) is 0 Å². The fourth-order valence-corrected chi connectivity index (χ4v) is 2.55. The predicted molar refractivity (Wildman–Crippen MR) is 72.5 cm³/mol. The minimum absolute atomic E-state index is 0.00799. The number of aliphatic hydroxyl groups excluding tert-OH is 1. The number of nitrogens with zero attached hydrogens (tertiary/aromatic N) is 1. The second-order valence-electron chi connectivity index (χ2n) is 5.28. The van der Waals surface area contributed by atoms with Gasteiger partial charge >= 0.3 is 6.09 Å². The zero-order valence-electron chi connectivity index (χ0n) is 11.5. The lowest BCUT2D eigenvalue weighted by Gasteiger charge is -2.24. The van der Waals surface area contributed by atoms with Crippen LogP contribution >= 0.6 is 0 Å². The van der Waals surface area contributed by atoms with E-state index in [4.69, 9.17) is 4.74 Å². The minimum Gasteiger partial charge on any atom is -0.445 e. The normalized spacial score (nSPS) is 26.5. The second-order valence-corrected chi connectivity index (χ2v) is 5.28. The number of carbonyl (C=O) groups excluding carboxylic acids is 1. The van der Waals surface area contributed by atoms with Crippen LogP contribution in [0.4, 0.5) is 4.79 Å². The van der Waals surface area contributed by atoms with Gasteiger partial charge in [-0.15, -0.1) is 0 Å². The lowest BCUT2D eigenvalue weighted by Crippen LogP contribution is -2.40. The summed E-state index contributed by atoms with van der Waals surface area (Å²) in [6.07, 6.45) is -0.334. The van der Waals surface area contributed by atoms with Gasteiger partial charge in [0.15, 0.2) is 0 Å². The molecule has 2 unspecified atom stereocenters. The van der Waals surface area contributed by atoms with Gasteiger partial charge in [-0.05, 0) is 17.4 Å². The molecule has 0 aromatic heterocycles. The Morgan fingerprint density at radius 2 is 2.05 bits per heavy atom. The first-order valence-electron chi connectivity index (χ1n) is 6.71. The molecule has 3 atom stereocenters. The molecule has 0 saturated carbocycles. The van der Waals surface area contributed by atoms with Crippen molar-refractivity contribution in [2.45, 2.75) is 26.5 Å². The third kappa shape index (κ3) is 3.07. The van der Waals surface area contributed by atoms with Crippen LogP contribution in [-0.4, -0.2) is 35.3 Å². The first-order chi connectivity index (χ1) is 9.13. The number of ether oxygens (including phenoxy) is 1. The third-order valence-corrected chi connectivity index (χ3v) is 4.02. The summed E-state index contributed by atoms with van der Waals surface area (Å²) in [5, 5.41) is 9.41. The Bertz CT molecular complexity index is 421. The van der Waals surface area contributed by atoms with Crippen LogP contribution < -0.4 is 0 Å². The Balaban J connectivity index is 1.93. The summed E-state index contributed by atoms with van der Waals surface area (Å²) in [5.41, 5.74) is 0.969. The second kappa shape index (κ2) is 6.06. The Hall–Kier alpha value is -1.55. The van der Waals surface area contributed by atoms with Crippen molar-refractivity contribution < 1.29 is 14.6 Å². The van der Waals surface area contributed by atoms with E-state index in [2.05, 4.69) is 13.8 Å². The quantitative estimate of drug-likeness (QED) is 0.910. The summed E-state index contributed by atoms with van der Waals surface area (Å²) in [6, 6.07) is 9.48. The van der Waals surface area contributed by atoms with Crippen LogP contribution in [0.15, 0.2) is 30.3 Å². The predicted octanol–water partition coefficient (Wildman–Crippen LogP) is 2.27. The van der Waals surface area contributed by atoms with Crippen molar-refractivity contribution in [1.82, 2.24) is 4.90 Å². The maximum absolute atomic E-state index is 12.1. The topological polar surface area (TPSA) is 49.8 Å². The average Bonchev–Trinajstić information content (AvgIpc) is 2.73. The van der Waals surface area contributed by atoms with Crippen LogP contribution in [0, 0.1) is 11.8 Å². The zero-order valence-corrected chi connectivity index (χ0v) is 11.5. The van der Waals surface area contributed by atoms with Gasteiger partial charge in [-0.3, -0.25) is 0 Å². The average molecular weight is 263 g/mol. The molecule has 1 aliphatic heterocycles. The summed E-state index contributed by atoms with van der Waals surface area (Å²) in [6.45, 7) is 5.08. The van der Waals surface area contributed by atoms with E-state index in [1.807, 2.05) is 30.3 Å². The van der Waals surface area contributed by atoms with Crippen LogP contribution in [0.2, 0.25) is 0 Å². The molecule has 4 heteroatoms. The van der Waals surface area contributed by atoms with E-state index in [1.54, 1.807) is 4.90 Å². The minimum atomic E-state index is -0.334. The lowest BCUT2D eigenvalue weighted by molar-refractivity contribution is 0.0739. The standard InChI is InChI=1S/C15H21NO3/c1-11-8-16(14(9-17)12(11)2)15(18)19-10-13-6-4-3-5-7-13/h3-7,11-12,14,17H,8-10H2,1-2H3/t11?,12-,14?/m0/s1. The van der Waals surface area contributed by atoms with Crippen molar-refractivity contribution in [3.8, 4) is 0 Å². The van der Waals surface area contributed by atoms with Crippen molar-refractivity contribution in [3.05, 3.63) is 35.9 Å². The molecule has 19 heavy (non-hydrogen) atoms. The zero-order chi connectivity index (χ0) is 13.8. The summed E-state index contributed by atoms with van der Waals surface area (Å²) >= 11 is 0. The number of aliphatic hydroxyl groups is 1. The molecule has 1 N–H and O–H groups in total. The van der Waals surface area contributed by atoms with Gasteiger partial charge in [-0.1, -0.05) is 44.2 Å². The summed E-state index contributed by atoms with van der Waals surface area (Å²) < 4.78 is 5.32. The Morgan fingerprint density at radius 1 is 1.37 bits per heavy atom. The highest BCUT2D eigenvalue weighted by atomic mass is 16.6. The van der Waals surface area contributed by atoms with Gasteiger partial charge in [0.25, 0.3) is 0 Å². The lowest BCUT2D eigenvalue weighted by atomic mass is 9.95. The monoisotopic (exact) mass is 263 g/mol. The SMILES string of the molecule is CC1CN(C(=O)OCc2ccccc2)C(CO)[C@H]1C. The van der Waals surface area contributed by atoms with Crippen molar-refractivity contribution in [2.75, 3.05) is 13.2 Å². The molecule has 1 fully saturated rings. The van der Waals surface area contributed by atoms with Crippen molar-refractivity contribution in [3.63, 3.8) is 0 Å². The Labute approximate surface area is 114 Å². The molecule has 1 aromatic rings. The van der Waals surface area contributed by atoms with Gasteiger partial charge < -0.3 is 14.7 Å². The Kier molecular flexibility index (Phi) is 4.43. The van der Waals surface area contributed by atoms with Crippen LogP contribution in [0.5, 0.6) is 0 Å². The van der Waals surface area contributed by atoms with Gasteiger partial charge in [-0.2, -0.15) is 0 Å². The molecule has 1 heterocycles. The number of hydrogen-bond acceptors (Lipinski definition) is 3. The van der Waals surface area contributed by atoms with Crippen LogP contribution in [0.25, 0.3) is 0 Å². The molecule has 4 nitrogen and oxygen atoms in total. The molecular weight excluding hydrogens is 242 g/mol. The third-order valence-electron chi connectivity index (χ3n) is 4.02. The summed E-state index contributed by atoms with van der Waals surface area (Å²) in [4.78, 5) is 13.7. The number of amides is 1. The van der Waals surface area contributed by atoms with E-state index in [-0.39, 0.29) is 25.3 Å². The Morgan fingerprint density at radius 3 is 2.68 bits per heavy atom. The molecule has 0 radical (unpaired) electrons. The fraction of sp³-hybridized carbons (Fsp3) is 0.533. The molecule has 2 rings (SSSR count). The molecule has 0 spiro atoms. The van der Waals surface area contributed by atoms with Gasteiger partial charge in [0.1, 0.15) is 6.61 Å². The number of hydrogen-bond donors (Lipinski definition) is 1. The number of rotatable bonds is 3. The van der Waals surface area contributed by atoms with Crippen LogP contribution in [0.3, 0.4) is 0 Å². The molecule has 0 aliphatic carbocycles. The summed E-state index contributed by atoms with van der Waals surface area (Å²) in [7, 11) is 0. The molecule has 1 aliphatic rings. The highest BCUT2D eigenvalue weighted by Gasteiger charge is 2.39. The highest BCUT2D eigenvalue weighted by Crippen LogP contribution is 2.29. The molecule has 104 valence electrons. The molecule has 1 aromatic carbocycles. The highest BCUT2D eigenvalue weighted by molar-refractivity contribution is 5.68. The van der Waals surface area contributed by atoms with Crippen LogP contribution in [0.1, 0.15) is 19.4 Å². The number of likely N-dealkylation sites (tertiary alicyclic amines) is 1. The first-order valence-corrected chi connectivity index (χ1v) is 6.71. The van der Waals surface area contributed by atoms with Gasteiger partial charge in [0, 0.05) is 6.54 Å². The number of carbonyl (C=O) groups is 1. The van der Waals surface area contributed by atoms with Crippen LogP contribution in [-0.2, 0) is 11.3 Å². The molecular formula is C15H21NO3. The van der Waals surface area contributed by atoms with Crippen molar-refractivity contribution in [1.29, 1.82) is 0 Å².